The molecule has 0 unspecified atom stereocenters. The number of benzene rings is 1. The first-order valence-corrected chi connectivity index (χ1v) is 5.32. The van der Waals surface area contributed by atoms with E-state index < -0.39 is 11.9 Å². The van der Waals surface area contributed by atoms with Gasteiger partial charge in [-0.2, -0.15) is 0 Å². The van der Waals surface area contributed by atoms with Gasteiger partial charge in [-0.15, -0.1) is 0 Å². The minimum atomic E-state index is -1.38. The summed E-state index contributed by atoms with van der Waals surface area (Å²) < 4.78 is 4.80. The van der Waals surface area contributed by atoms with Gasteiger partial charge < -0.3 is 14.6 Å². The number of hydrogen-bond acceptors (Lipinski definition) is 4. The van der Waals surface area contributed by atoms with Crippen LogP contribution in [0.1, 0.15) is 10.4 Å². The van der Waals surface area contributed by atoms with Gasteiger partial charge in [0.1, 0.15) is 11.1 Å². The maximum atomic E-state index is 10.9. The van der Waals surface area contributed by atoms with Gasteiger partial charge >= 0.3 is 5.97 Å². The summed E-state index contributed by atoms with van der Waals surface area (Å²) in [5.41, 5.74) is -0.143. The smallest absolute Gasteiger partial charge is 0.321 e. The van der Waals surface area contributed by atoms with Gasteiger partial charge in [0, 0.05) is 11.6 Å². The fourth-order valence-electron chi connectivity index (χ4n) is 0.884. The number of carbonyl (C=O) groups excluding carboxylic acids is 2. The average Bonchev–Trinajstić information content (AvgIpc) is 2.17. The van der Waals surface area contributed by atoms with Crippen molar-refractivity contribution in [2.75, 3.05) is 5.33 Å². The molecule has 80 valence electrons. The highest BCUT2D eigenvalue weighted by atomic mass is 79.9. The van der Waals surface area contributed by atoms with Crippen molar-refractivity contribution in [2.45, 2.75) is 0 Å². The van der Waals surface area contributed by atoms with Crippen molar-refractivity contribution in [1.29, 1.82) is 0 Å². The molecule has 0 heterocycles. The van der Waals surface area contributed by atoms with Crippen LogP contribution in [0.2, 0.25) is 5.02 Å². The van der Waals surface area contributed by atoms with E-state index in [1.807, 2.05) is 0 Å². The number of carboxylic acid groups (broad SMARTS) is 1. The third-order valence-electron chi connectivity index (χ3n) is 1.50. The molecule has 0 aromatic heterocycles. The molecule has 4 nitrogen and oxygen atoms in total. The number of hydrogen-bond donors (Lipinski definition) is 0. The quantitative estimate of drug-likeness (QED) is 0.474. The van der Waals surface area contributed by atoms with Gasteiger partial charge in [-0.1, -0.05) is 27.5 Å². The van der Waals surface area contributed by atoms with E-state index in [1.165, 1.54) is 18.2 Å². The van der Waals surface area contributed by atoms with E-state index in [2.05, 4.69) is 15.9 Å². The van der Waals surface area contributed by atoms with Crippen molar-refractivity contribution >= 4 is 39.5 Å². The summed E-state index contributed by atoms with van der Waals surface area (Å²) in [6, 6.07) is 3.79. The van der Waals surface area contributed by atoms with Crippen molar-refractivity contribution in [1.82, 2.24) is 0 Å². The number of halogens is 2. The molecule has 0 N–H and O–H groups in total. The van der Waals surface area contributed by atoms with E-state index in [0.29, 0.717) is 0 Å². The lowest BCUT2D eigenvalue weighted by Gasteiger charge is -2.07. The van der Waals surface area contributed by atoms with Crippen LogP contribution in [0.25, 0.3) is 0 Å². The van der Waals surface area contributed by atoms with E-state index in [-0.39, 0.29) is 21.7 Å². The fourth-order valence-corrected chi connectivity index (χ4v) is 1.25. The van der Waals surface area contributed by atoms with Gasteiger partial charge in [0.05, 0.1) is 11.0 Å². The molecule has 0 amide bonds. The van der Waals surface area contributed by atoms with Crippen LogP contribution in [0.15, 0.2) is 18.2 Å². The lowest BCUT2D eigenvalue weighted by atomic mass is 10.2. The average molecular weight is 292 g/mol. The van der Waals surface area contributed by atoms with Crippen LogP contribution in [-0.4, -0.2) is 17.3 Å². The van der Waals surface area contributed by atoms with Crippen molar-refractivity contribution < 1.29 is 19.4 Å². The lowest BCUT2D eigenvalue weighted by molar-refractivity contribution is -0.255. The highest BCUT2D eigenvalue weighted by molar-refractivity contribution is 9.09. The number of esters is 1. The Balaban J connectivity index is 2.91. The fraction of sp³-hybridized carbons (Fsp3) is 0.111. The van der Waals surface area contributed by atoms with Gasteiger partial charge in [0.15, 0.2) is 0 Å². The Kier molecular flexibility index (Phi) is 4.11. The maximum absolute atomic E-state index is 10.9. The van der Waals surface area contributed by atoms with Crippen LogP contribution in [0.3, 0.4) is 0 Å². The van der Waals surface area contributed by atoms with Crippen LogP contribution in [0, 0.1) is 0 Å². The van der Waals surface area contributed by atoms with E-state index in [4.69, 9.17) is 16.3 Å². The summed E-state index contributed by atoms with van der Waals surface area (Å²) in [6.45, 7) is 0. The van der Waals surface area contributed by atoms with E-state index >= 15 is 0 Å². The Labute approximate surface area is 98.9 Å². The maximum Gasteiger partial charge on any atom is 0.321 e. The van der Waals surface area contributed by atoms with Crippen molar-refractivity contribution in [3.8, 4) is 5.75 Å². The molecule has 1 aromatic rings. The highest BCUT2D eigenvalue weighted by Crippen LogP contribution is 2.22. The largest absolute Gasteiger partial charge is 0.545 e. The van der Waals surface area contributed by atoms with E-state index in [0.717, 1.165) is 0 Å². The van der Waals surface area contributed by atoms with Gasteiger partial charge in [-0.3, -0.25) is 4.79 Å². The van der Waals surface area contributed by atoms with Crippen LogP contribution < -0.4 is 9.84 Å². The molecular weight excluding hydrogens is 287 g/mol. The first-order valence-electron chi connectivity index (χ1n) is 3.82. The second-order valence-electron chi connectivity index (χ2n) is 2.54. The molecule has 15 heavy (non-hydrogen) atoms. The zero-order valence-electron chi connectivity index (χ0n) is 7.33. The Bertz CT molecular complexity index is 405. The van der Waals surface area contributed by atoms with E-state index in [9.17, 15) is 14.7 Å². The van der Waals surface area contributed by atoms with Crippen LogP contribution in [0.5, 0.6) is 5.75 Å². The molecule has 0 saturated carbocycles. The molecule has 0 radical (unpaired) electrons. The minimum Gasteiger partial charge on any atom is -0.545 e. The molecule has 6 heteroatoms. The van der Waals surface area contributed by atoms with Crippen molar-refractivity contribution in [3.63, 3.8) is 0 Å². The Morgan fingerprint density at radius 1 is 1.47 bits per heavy atom. The summed E-state index contributed by atoms with van der Waals surface area (Å²) in [5.74, 6) is -1.68. The third-order valence-corrected chi connectivity index (χ3v) is 2.27. The monoisotopic (exact) mass is 291 g/mol. The highest BCUT2D eigenvalue weighted by Gasteiger charge is 2.06. The molecule has 0 fully saturated rings. The van der Waals surface area contributed by atoms with Crippen LogP contribution in [-0.2, 0) is 4.79 Å². The zero-order valence-corrected chi connectivity index (χ0v) is 9.67. The number of ether oxygens (including phenoxy) is 1. The van der Waals surface area contributed by atoms with Gasteiger partial charge in [0.2, 0.25) is 0 Å². The Hall–Kier alpha value is -1.07. The third kappa shape index (κ3) is 3.21. The predicted molar refractivity (Wildman–Crippen MR) is 55.2 cm³/mol. The molecule has 0 aliphatic rings. The topological polar surface area (TPSA) is 66.4 Å². The molecule has 1 rings (SSSR count). The summed E-state index contributed by atoms with van der Waals surface area (Å²) in [4.78, 5) is 21.4. The molecule has 0 bridgehead atoms. The number of alkyl halides is 1. The molecule has 0 aliphatic heterocycles. The predicted octanol–water partition coefficient (Wildman–Crippen LogP) is 1.00. The molecular formula is C9H5BrClO4-. The summed E-state index contributed by atoms with van der Waals surface area (Å²) >= 11 is 8.54. The lowest BCUT2D eigenvalue weighted by Crippen LogP contribution is -2.22. The second-order valence-corrected chi connectivity index (χ2v) is 3.50. The number of aromatic carboxylic acids is 1. The molecule has 1 aromatic carbocycles. The van der Waals surface area contributed by atoms with E-state index in [1.54, 1.807) is 0 Å². The summed E-state index contributed by atoms with van der Waals surface area (Å²) in [6.07, 6.45) is 0. The van der Waals surface area contributed by atoms with Gasteiger partial charge in [-0.05, 0) is 12.1 Å². The first-order chi connectivity index (χ1) is 7.04. The molecule has 0 saturated heterocycles. The molecule has 0 spiro atoms. The van der Waals surface area contributed by atoms with Crippen LogP contribution in [0.4, 0.5) is 0 Å². The van der Waals surface area contributed by atoms with Crippen molar-refractivity contribution in [3.05, 3.63) is 28.8 Å². The minimum absolute atomic E-state index is 0.0325. The standard InChI is InChI=1S/C9H6BrClO4/c10-4-8(12)15-5-1-2-6(9(13)14)7(11)3-5/h1-3H,4H2,(H,13,14)/p-1. The number of carbonyl (C=O) groups is 2. The Morgan fingerprint density at radius 3 is 2.60 bits per heavy atom. The molecule has 0 atom stereocenters. The number of rotatable bonds is 3. The summed E-state index contributed by atoms with van der Waals surface area (Å²) in [5, 5.41) is 10.5. The Morgan fingerprint density at radius 2 is 2.13 bits per heavy atom. The zero-order chi connectivity index (χ0) is 11.4. The van der Waals surface area contributed by atoms with Crippen LogP contribution >= 0.6 is 27.5 Å². The normalized spacial score (nSPS) is 9.73. The first kappa shape index (κ1) is 12.0. The molecule has 0 aliphatic carbocycles. The number of carboxylic acids is 1. The van der Waals surface area contributed by atoms with Crippen molar-refractivity contribution in [2.24, 2.45) is 0 Å². The second kappa shape index (κ2) is 5.14. The van der Waals surface area contributed by atoms with Gasteiger partial charge in [-0.25, -0.2) is 0 Å². The van der Waals surface area contributed by atoms with Gasteiger partial charge in [0.25, 0.3) is 0 Å². The summed E-state index contributed by atoms with van der Waals surface area (Å²) in [7, 11) is 0. The SMILES string of the molecule is O=C(CBr)Oc1ccc(C(=O)[O-])c(Cl)c1.